The van der Waals surface area contributed by atoms with Gasteiger partial charge in [-0.15, -0.1) is 0 Å². The summed E-state index contributed by atoms with van der Waals surface area (Å²) in [6, 6.07) is 35.6. The van der Waals surface area contributed by atoms with Crippen LogP contribution in [0.15, 0.2) is 97.1 Å². The van der Waals surface area contributed by atoms with E-state index in [1.807, 2.05) is 111 Å². The second kappa shape index (κ2) is 50.3. The van der Waals surface area contributed by atoms with Crippen LogP contribution in [0, 0.1) is 13.8 Å². The molecule has 0 aliphatic heterocycles. The van der Waals surface area contributed by atoms with Crippen LogP contribution in [0.3, 0.4) is 0 Å². The predicted octanol–water partition coefficient (Wildman–Crippen LogP) is 16.9. The molecule has 288 valence electrons. The summed E-state index contributed by atoms with van der Waals surface area (Å²) in [5.74, 6) is 0. The number of rotatable bonds is 2. The molecule has 4 aromatic carbocycles. The van der Waals surface area contributed by atoms with Gasteiger partial charge in [-0.2, -0.15) is 0 Å². The van der Waals surface area contributed by atoms with Gasteiger partial charge < -0.3 is 0 Å². The highest BCUT2D eigenvalue weighted by molar-refractivity contribution is 5.29. The number of aryl methyl sites for hydroxylation is 8. The molecule has 4 aliphatic rings. The lowest BCUT2D eigenvalue weighted by Crippen LogP contribution is -1.97. The molecule has 0 unspecified atom stereocenters. The second-order valence-electron chi connectivity index (χ2n) is 9.31. The second-order valence-corrected chi connectivity index (χ2v) is 9.31. The van der Waals surface area contributed by atoms with Crippen LogP contribution >= 0.6 is 0 Å². The summed E-state index contributed by atoms with van der Waals surface area (Å²) in [7, 11) is 0. The summed E-state index contributed by atoms with van der Waals surface area (Å²) in [5, 5.41) is 0. The van der Waals surface area contributed by atoms with Gasteiger partial charge in [0.2, 0.25) is 0 Å². The van der Waals surface area contributed by atoms with Crippen molar-refractivity contribution in [1.29, 1.82) is 0 Å². The molecule has 0 atom stereocenters. The van der Waals surface area contributed by atoms with Crippen LogP contribution in [-0.4, -0.2) is 0 Å². The van der Waals surface area contributed by atoms with Crippen molar-refractivity contribution in [3.8, 4) is 0 Å². The standard InChI is InChI=1S/C16H16.C10H14.C8H10.8C2H6/c1-2-14-4-3-13(1)9-10-15-5-7-16(8-6-15)12-11-14;1-3-9-5-7-10(4-2)8-6-9;1-7-3-5-8(2)6-4-7;8*1-2/h1-8H,9-12H2;5-8H,3-4H2,1-2H3;3-6H,1-2H3;8*1-2H3. The molecule has 0 heteroatoms. The van der Waals surface area contributed by atoms with Crippen molar-refractivity contribution in [3.63, 3.8) is 0 Å². The fourth-order valence-corrected chi connectivity index (χ4v) is 3.97. The molecule has 0 nitrogen and oxygen atoms in total. The normalized spacial score (nSPS) is 9.04. The quantitative estimate of drug-likeness (QED) is 0.197. The summed E-state index contributed by atoms with van der Waals surface area (Å²) >= 11 is 0. The Bertz CT molecular complexity index is 945. The first-order valence-electron chi connectivity index (χ1n) is 20.8. The molecule has 4 aromatic rings. The minimum atomic E-state index is 1.14. The average Bonchev–Trinajstić information content (AvgIpc) is 3.24. The Balaban J connectivity index is -0.000000125. The molecule has 8 rings (SSSR count). The van der Waals surface area contributed by atoms with Crippen LogP contribution in [0.5, 0.6) is 0 Å². The van der Waals surface area contributed by atoms with Crippen LogP contribution in [0.2, 0.25) is 0 Å². The maximum atomic E-state index is 2.28. The van der Waals surface area contributed by atoms with E-state index in [0.29, 0.717) is 0 Å². The molecule has 0 radical (unpaired) electrons. The SMILES string of the molecule is CC.CC.CC.CC.CC.CC.CC.CC.CCc1ccc(CC)cc1.Cc1ccc(C)cc1.c1cc2ccc1CCc1ccc(cc1)CC2. The van der Waals surface area contributed by atoms with Crippen LogP contribution in [-0.2, 0) is 38.5 Å². The van der Waals surface area contributed by atoms with Crippen molar-refractivity contribution in [1.82, 2.24) is 0 Å². The molecular weight excluding hydrogens is 601 g/mol. The van der Waals surface area contributed by atoms with Crippen molar-refractivity contribution in [2.75, 3.05) is 0 Å². The minimum Gasteiger partial charge on any atom is -0.0683 e. The zero-order chi connectivity index (χ0) is 40.2. The molecule has 0 aromatic heterocycles. The van der Waals surface area contributed by atoms with Crippen LogP contribution in [0.1, 0.15) is 169 Å². The maximum absolute atomic E-state index is 2.28. The van der Waals surface area contributed by atoms with Gasteiger partial charge in [-0.05, 0) is 85.8 Å². The van der Waals surface area contributed by atoms with Gasteiger partial charge in [0.25, 0.3) is 0 Å². The maximum Gasteiger partial charge on any atom is -0.0238 e. The lowest BCUT2D eigenvalue weighted by molar-refractivity contribution is 0.921. The Labute approximate surface area is 317 Å². The van der Waals surface area contributed by atoms with Crippen molar-refractivity contribution in [2.24, 2.45) is 0 Å². The lowest BCUT2D eigenvalue weighted by atomic mass is 9.97. The fourth-order valence-electron chi connectivity index (χ4n) is 3.97. The Morgan fingerprint density at radius 3 is 0.580 bits per heavy atom. The first-order valence-corrected chi connectivity index (χ1v) is 20.8. The van der Waals surface area contributed by atoms with Gasteiger partial charge in [0.1, 0.15) is 0 Å². The molecule has 0 spiro atoms. The summed E-state index contributed by atoms with van der Waals surface area (Å²) in [6.45, 7) is 40.6. The smallest absolute Gasteiger partial charge is 0.0238 e. The van der Waals surface area contributed by atoms with Crippen LogP contribution in [0.25, 0.3) is 0 Å². The molecular formula is C50H88. The molecule has 4 bridgehead atoms. The topological polar surface area (TPSA) is 0 Å². The molecule has 0 fully saturated rings. The average molecular weight is 689 g/mol. The van der Waals surface area contributed by atoms with E-state index >= 15 is 0 Å². The Morgan fingerprint density at radius 2 is 0.440 bits per heavy atom. The summed E-state index contributed by atoms with van der Waals surface area (Å²) in [5.41, 5.74) is 11.3. The third kappa shape index (κ3) is 33.4. The molecule has 0 saturated heterocycles. The Kier molecular flexibility index (Phi) is 59.4. The molecule has 50 heavy (non-hydrogen) atoms. The highest BCUT2D eigenvalue weighted by Crippen LogP contribution is 2.15. The molecule has 4 aliphatic carbocycles. The minimum absolute atomic E-state index is 1.14. The highest BCUT2D eigenvalue weighted by atomic mass is 14.1. The predicted molar refractivity (Wildman–Crippen MR) is 240 cm³/mol. The zero-order valence-electron chi connectivity index (χ0n) is 37.5. The molecule has 0 N–H and O–H groups in total. The van der Waals surface area contributed by atoms with Crippen molar-refractivity contribution in [2.45, 2.75) is 177 Å². The van der Waals surface area contributed by atoms with Gasteiger partial charge in [-0.1, -0.05) is 233 Å². The van der Waals surface area contributed by atoms with E-state index in [1.165, 1.54) is 44.5 Å². The fraction of sp³-hybridized carbons (Fsp3) is 0.520. The van der Waals surface area contributed by atoms with Crippen LogP contribution in [0.4, 0.5) is 0 Å². The van der Waals surface area contributed by atoms with E-state index < -0.39 is 0 Å². The van der Waals surface area contributed by atoms with Gasteiger partial charge in [-0.3, -0.25) is 0 Å². The first-order chi connectivity index (χ1) is 24.6. The third-order valence-electron chi connectivity index (χ3n) is 6.51. The van der Waals surface area contributed by atoms with E-state index in [2.05, 4.69) is 125 Å². The number of benzene rings is 4. The van der Waals surface area contributed by atoms with Crippen LogP contribution < -0.4 is 0 Å². The van der Waals surface area contributed by atoms with Gasteiger partial charge in [0.15, 0.2) is 0 Å². The Morgan fingerprint density at radius 1 is 0.280 bits per heavy atom. The summed E-state index contributed by atoms with van der Waals surface area (Å²) < 4.78 is 0. The largest absolute Gasteiger partial charge is 0.0683 e. The van der Waals surface area contributed by atoms with E-state index in [1.54, 1.807) is 0 Å². The van der Waals surface area contributed by atoms with Gasteiger partial charge in [0.05, 0.1) is 0 Å². The molecule has 0 heterocycles. The monoisotopic (exact) mass is 689 g/mol. The summed E-state index contributed by atoms with van der Waals surface area (Å²) in [4.78, 5) is 0. The van der Waals surface area contributed by atoms with Gasteiger partial charge in [-0.25, -0.2) is 0 Å². The zero-order valence-corrected chi connectivity index (χ0v) is 37.5. The highest BCUT2D eigenvalue weighted by Gasteiger charge is 2.01. The number of hydrogen-bond acceptors (Lipinski definition) is 0. The van der Waals surface area contributed by atoms with Crippen molar-refractivity contribution < 1.29 is 0 Å². The van der Waals surface area contributed by atoms with Crippen molar-refractivity contribution in [3.05, 3.63) is 142 Å². The Hall–Kier alpha value is -3.12. The third-order valence-corrected chi connectivity index (χ3v) is 6.51. The molecule has 0 amide bonds. The lowest BCUT2D eigenvalue weighted by Gasteiger charge is -2.09. The number of hydrogen-bond donors (Lipinski definition) is 0. The van der Waals surface area contributed by atoms with E-state index in [-0.39, 0.29) is 0 Å². The first kappa shape index (κ1) is 59.0. The summed E-state index contributed by atoms with van der Waals surface area (Å²) in [6.07, 6.45) is 6.90. The van der Waals surface area contributed by atoms with Gasteiger partial charge in [0, 0.05) is 0 Å². The van der Waals surface area contributed by atoms with Crippen molar-refractivity contribution >= 4 is 0 Å². The van der Waals surface area contributed by atoms with E-state index in [0.717, 1.165) is 38.5 Å². The van der Waals surface area contributed by atoms with E-state index in [9.17, 15) is 0 Å². The molecule has 0 saturated carbocycles. The van der Waals surface area contributed by atoms with E-state index in [4.69, 9.17) is 0 Å². The van der Waals surface area contributed by atoms with Gasteiger partial charge >= 0.3 is 0 Å².